The number of piperidine rings is 2. The quantitative estimate of drug-likeness (QED) is 0.0164. The van der Waals surface area contributed by atoms with Crippen molar-refractivity contribution in [1.82, 2.24) is 50.5 Å². The van der Waals surface area contributed by atoms with Gasteiger partial charge in [0.2, 0.25) is 29.5 Å². The number of amides is 9. The van der Waals surface area contributed by atoms with Crippen molar-refractivity contribution in [2.24, 2.45) is 5.41 Å². The van der Waals surface area contributed by atoms with Crippen LogP contribution >= 0.6 is 0 Å². The van der Waals surface area contributed by atoms with E-state index in [2.05, 4.69) is 60.5 Å². The van der Waals surface area contributed by atoms with E-state index in [0.29, 0.717) is 222 Å². The highest BCUT2D eigenvalue weighted by molar-refractivity contribution is 6.08. The lowest BCUT2D eigenvalue weighted by Crippen LogP contribution is -2.50. The van der Waals surface area contributed by atoms with Gasteiger partial charge in [0.15, 0.2) is 0 Å². The fourth-order valence-corrected chi connectivity index (χ4v) is 17.9. The summed E-state index contributed by atoms with van der Waals surface area (Å²) in [4.78, 5) is 145. The minimum atomic E-state index is -1.37. The zero-order valence-electron chi connectivity index (χ0n) is 87.9. The van der Waals surface area contributed by atoms with Gasteiger partial charge in [0.1, 0.15) is 35.4 Å². The Bertz CT molecular complexity index is 5050. The van der Waals surface area contributed by atoms with Gasteiger partial charge < -0.3 is 117 Å². The minimum absolute atomic E-state index is 0.0137. The van der Waals surface area contributed by atoms with Gasteiger partial charge in [0.05, 0.1) is 207 Å². The molecule has 0 saturated carbocycles. The molecule has 9 amide bonds. The number of hydrogen-bond acceptors (Lipinski definition) is 27. The van der Waals surface area contributed by atoms with Gasteiger partial charge in [-0.3, -0.25) is 48.6 Å². The van der Waals surface area contributed by atoms with Crippen LogP contribution in [0.15, 0.2) is 85.2 Å². The summed E-state index contributed by atoms with van der Waals surface area (Å²) in [5.41, 5.74) is 3.55. The maximum atomic E-state index is 15.9. The maximum Gasteiger partial charge on any atom is 0.328 e. The molecule has 5 heterocycles. The van der Waals surface area contributed by atoms with Gasteiger partial charge >= 0.3 is 18.0 Å². The first-order valence-corrected chi connectivity index (χ1v) is 53.1. The summed E-state index contributed by atoms with van der Waals surface area (Å²) in [5.74, 6) is -5.77. The number of aromatic nitrogens is 3. The second-order valence-corrected chi connectivity index (χ2v) is 38.1. The molecule has 1 spiro atoms. The van der Waals surface area contributed by atoms with Crippen molar-refractivity contribution >= 4 is 81.7 Å². The molecule has 0 aliphatic carbocycles. The summed E-state index contributed by atoms with van der Waals surface area (Å²) in [6.45, 7) is 19.6. The van der Waals surface area contributed by atoms with Gasteiger partial charge in [-0.2, -0.15) is 0 Å². The molecule has 3 saturated heterocycles. The molecule has 4 aromatic carbocycles. The number of carboxylic acids is 2. The van der Waals surface area contributed by atoms with Gasteiger partial charge in [-0.1, -0.05) is 121 Å². The summed E-state index contributed by atoms with van der Waals surface area (Å²) >= 11 is 0. The van der Waals surface area contributed by atoms with Crippen LogP contribution in [-0.2, 0) is 109 Å². The van der Waals surface area contributed by atoms with E-state index in [1.807, 2.05) is 23.1 Å². The van der Waals surface area contributed by atoms with Crippen LogP contribution in [0.3, 0.4) is 0 Å². The number of aliphatic hydroxyl groups is 1. The highest BCUT2D eigenvalue weighted by atomic mass is 19.1. The van der Waals surface area contributed by atoms with E-state index in [1.165, 1.54) is 87.4 Å². The number of nitrogens with one attached hydrogen (secondary N) is 5. The molecular weight excluding hydrogens is 1930 g/mol. The van der Waals surface area contributed by atoms with Crippen molar-refractivity contribution < 1.29 is 134 Å². The number of halogens is 2. The third-order valence-corrected chi connectivity index (χ3v) is 26.7. The Kier molecular flexibility index (Phi) is 56.4. The van der Waals surface area contributed by atoms with E-state index in [0.717, 1.165) is 126 Å². The van der Waals surface area contributed by atoms with Crippen LogP contribution in [-0.4, -0.2) is 334 Å². The first-order valence-electron chi connectivity index (χ1n) is 53.1. The summed E-state index contributed by atoms with van der Waals surface area (Å²) in [6, 6.07) is 19.6. The first-order chi connectivity index (χ1) is 72.2. The third-order valence-electron chi connectivity index (χ3n) is 26.7. The van der Waals surface area contributed by atoms with E-state index in [4.69, 9.17) is 66.7 Å². The number of likely N-dealkylation sites (tertiary alicyclic amines) is 2. The average molecular weight is 2090 g/mol. The zero-order valence-corrected chi connectivity index (χ0v) is 87.9. The lowest BCUT2D eigenvalue weighted by atomic mass is 9.71. The normalized spacial score (nSPS) is 14.0. The number of methoxy groups -OCH3 is 1. The second-order valence-electron chi connectivity index (χ2n) is 38.1. The number of benzene rings is 4. The largest absolute Gasteiger partial charge is 0.495 e. The van der Waals surface area contributed by atoms with Crippen molar-refractivity contribution in [1.29, 1.82) is 0 Å². The summed E-state index contributed by atoms with van der Waals surface area (Å²) in [6.07, 6.45) is 22.1. The fraction of sp³-hybridized carbons (Fsp3) is 0.633. The molecule has 1 atom stereocenters. The highest BCUT2D eigenvalue weighted by Crippen LogP contribution is 2.43. The molecule has 8 N–H and O–H groups in total. The Morgan fingerprint density at radius 2 is 1.07 bits per heavy atom. The van der Waals surface area contributed by atoms with Gasteiger partial charge in [-0.15, -0.1) is 0 Å². The number of ether oxygens (including phenoxy) is 13. The van der Waals surface area contributed by atoms with Gasteiger partial charge in [0, 0.05) is 93.6 Å². The van der Waals surface area contributed by atoms with Gasteiger partial charge in [0.25, 0.3) is 11.8 Å². The van der Waals surface area contributed by atoms with Gasteiger partial charge in [-0.05, 0) is 168 Å². The Morgan fingerprint density at radius 1 is 0.550 bits per heavy atom. The fourth-order valence-electron chi connectivity index (χ4n) is 17.9. The van der Waals surface area contributed by atoms with Crippen molar-refractivity contribution in [2.45, 2.75) is 219 Å². The van der Waals surface area contributed by atoms with Crippen molar-refractivity contribution in [3.8, 4) is 28.3 Å². The number of fused-ring (bicyclic) bond motifs is 1. The molecule has 149 heavy (non-hydrogen) atoms. The molecule has 2 aromatic heterocycles. The maximum absolute atomic E-state index is 15.9. The Morgan fingerprint density at radius 3 is 1.60 bits per heavy atom. The molecular formula is C109H160F2N12O26. The lowest BCUT2D eigenvalue weighted by molar-refractivity contribution is -0.151. The number of unbranched alkanes of at least 4 members (excludes halogenated alkanes) is 14. The summed E-state index contributed by atoms with van der Waals surface area (Å²) in [5, 5.41) is 43.4. The Balaban J connectivity index is 0.560. The molecule has 1 unspecified atom stereocenters. The number of nitrogens with zero attached hydrogens (tertiary/aromatic N) is 7. The van der Waals surface area contributed by atoms with Gasteiger partial charge in [-0.25, -0.2) is 28.3 Å². The number of urea groups is 1. The number of carboxylic acid groups (broad SMARTS) is 2. The molecule has 826 valence electrons. The molecule has 0 radical (unpaired) electrons. The standard InChI is InChI=1S/C109H160F2N12O26/c1-6-7-8-9-10-11-15-18-21-42-121(100(128)22-19-16-13-12-14-17-20-23-101(129)130)92(106(133)134)31-33-96(124)112-41-50-139-52-54-141-56-58-143-60-62-145-64-66-147-68-70-149-72-71-148-69-67-146-65-63-144-61-59-142-57-55-140-53-51-138-49-36-97(125)113-78-99(127)116-80-123-93(77-89-102(114-79-115-103(89)123)88-75-86(110)76-91(81(88)2)117-104(131)87-30-29-85(74-90(87)111)108(3,4)136)83-26-24-82(25-27-83)34-43-119-45-37-109(38-46-119)39-47-120(48-40-109)105(132)84-28-32-95(137-5)94(73-84)122-44-35-98(126)118-107(122)135/h24-30,32,73-77,79,92,136H,6-23,31,33-72,78,80H2,1-5H3,(H,112,124)(H,113,125)(H,116,127)(H,117,131)(H,129,130)(H,133,134)(H,118,126,135). The molecule has 6 aromatic rings. The number of carbonyl (C=O) groups excluding carboxylic acids is 8. The van der Waals surface area contributed by atoms with E-state index in [1.54, 1.807) is 29.7 Å². The number of hydrogen-bond donors (Lipinski definition) is 8. The monoisotopic (exact) mass is 2090 g/mol. The SMILES string of the molecule is CCCCCCCCCCCN(C(=O)CCCCCCCCCC(=O)O)C(CCC(=O)NCCOCCOCCOCCOCCOCCOCCOCCOCCOCCOCCOCCOCCC(=O)NCC(=O)NCn1c(-c2ccc(CCN3CCC4(CC3)CCN(C(=O)c3ccc(OC)c(N5CCC(=O)NC5=O)c3)CC4)cc2)cc2c(-c3cc(F)cc(NC(=O)c4ccc(C(C)(C)O)cc4F)c3C)ncnc21)C(=O)O. The second kappa shape index (κ2) is 69.0. The average Bonchev–Trinajstić information content (AvgIpc) is 1.62. The molecule has 3 fully saturated rings. The van der Waals surface area contributed by atoms with E-state index in [-0.39, 0.29) is 137 Å². The van der Waals surface area contributed by atoms with Crippen LogP contribution < -0.4 is 36.2 Å². The van der Waals surface area contributed by atoms with E-state index >= 15 is 8.78 Å². The first kappa shape index (κ1) is 122. The van der Waals surface area contributed by atoms with E-state index in [9.17, 15) is 58.2 Å². The van der Waals surface area contributed by atoms with Crippen LogP contribution in [0.4, 0.5) is 25.0 Å². The number of rotatable bonds is 79. The molecule has 3 aliphatic rings. The molecule has 3 aliphatic heterocycles. The van der Waals surface area contributed by atoms with Crippen LogP contribution in [0.5, 0.6) is 5.75 Å². The predicted octanol–water partition coefficient (Wildman–Crippen LogP) is 12.9. The number of carbonyl (C=O) groups is 10. The summed E-state index contributed by atoms with van der Waals surface area (Å²) in [7, 11) is 1.50. The molecule has 40 heteroatoms. The highest BCUT2D eigenvalue weighted by Gasteiger charge is 2.40. The minimum Gasteiger partial charge on any atom is -0.495 e. The predicted molar refractivity (Wildman–Crippen MR) is 556 cm³/mol. The molecule has 0 bridgehead atoms. The van der Waals surface area contributed by atoms with Crippen LogP contribution in [0, 0.1) is 24.0 Å². The lowest BCUT2D eigenvalue weighted by Gasteiger charge is -2.47. The third kappa shape index (κ3) is 44.6. The van der Waals surface area contributed by atoms with Crippen molar-refractivity contribution in [3.05, 3.63) is 125 Å². The van der Waals surface area contributed by atoms with Crippen LogP contribution in [0.2, 0.25) is 0 Å². The smallest absolute Gasteiger partial charge is 0.328 e. The number of aliphatic carboxylic acids is 2. The van der Waals surface area contributed by atoms with Crippen molar-refractivity contribution in [3.63, 3.8) is 0 Å². The zero-order chi connectivity index (χ0) is 107. The Labute approximate surface area is 874 Å². The molecule has 9 rings (SSSR count). The van der Waals surface area contributed by atoms with Crippen LogP contribution in [0.1, 0.15) is 225 Å². The summed E-state index contributed by atoms with van der Waals surface area (Å²) < 4.78 is 106. The molecule has 38 nitrogen and oxygen atoms in total. The Hall–Kier alpha value is -10.7. The topological polar surface area (TPSA) is 455 Å². The number of imide groups is 1. The van der Waals surface area contributed by atoms with Crippen LogP contribution in [0.25, 0.3) is 33.5 Å². The number of anilines is 2. The van der Waals surface area contributed by atoms with E-state index < -0.39 is 59.0 Å². The van der Waals surface area contributed by atoms with Crippen molar-refractivity contribution in [2.75, 3.05) is 235 Å².